The van der Waals surface area contributed by atoms with Gasteiger partial charge in [-0.2, -0.15) is 0 Å². The summed E-state index contributed by atoms with van der Waals surface area (Å²) in [5, 5.41) is 0. The lowest BCUT2D eigenvalue weighted by molar-refractivity contribution is -0.134. The van der Waals surface area contributed by atoms with Gasteiger partial charge in [-0.3, -0.25) is 9.59 Å². The van der Waals surface area contributed by atoms with Crippen molar-refractivity contribution in [1.29, 1.82) is 0 Å². The van der Waals surface area contributed by atoms with Gasteiger partial charge in [0.15, 0.2) is 0 Å². The molecule has 0 aliphatic heterocycles. The minimum Gasteiger partial charge on any atom is -0.290 e. The molecule has 0 aromatic carbocycles. The van der Waals surface area contributed by atoms with Crippen molar-refractivity contribution >= 4 is 28.6 Å². The van der Waals surface area contributed by atoms with Crippen LogP contribution in [0.25, 0.3) is 0 Å². The van der Waals surface area contributed by atoms with Crippen molar-refractivity contribution in [2.75, 3.05) is 0 Å². The molecular formula is C10H12O2S. The maximum atomic E-state index is 11.5. The van der Waals surface area contributed by atoms with Crippen molar-refractivity contribution in [3.8, 4) is 0 Å². The van der Waals surface area contributed by atoms with Crippen LogP contribution in [0.3, 0.4) is 0 Å². The molecule has 0 bridgehead atoms. The molecule has 0 aromatic heterocycles. The SMILES string of the molecule is CC1CCC2C(=S)C(=O)C(=O)C2C1. The van der Waals surface area contributed by atoms with Crippen LogP contribution in [-0.2, 0) is 9.59 Å². The average Bonchev–Trinajstić information content (AvgIpc) is 2.32. The molecule has 2 fully saturated rings. The first kappa shape index (κ1) is 9.00. The van der Waals surface area contributed by atoms with Crippen LogP contribution in [0.15, 0.2) is 0 Å². The first-order valence-corrected chi connectivity index (χ1v) is 5.14. The molecule has 0 N–H and O–H groups in total. The molecule has 0 amide bonds. The Labute approximate surface area is 82.7 Å². The number of hydrogen-bond donors (Lipinski definition) is 0. The molecule has 3 atom stereocenters. The number of Topliss-reactive ketones (excluding diaryl/α,β-unsaturated/α-hetero) is 2. The first-order chi connectivity index (χ1) is 6.11. The highest BCUT2D eigenvalue weighted by atomic mass is 32.1. The Bertz CT molecular complexity index is 295. The molecule has 0 radical (unpaired) electrons. The van der Waals surface area contributed by atoms with Crippen LogP contribution in [0, 0.1) is 17.8 Å². The molecular weight excluding hydrogens is 184 g/mol. The van der Waals surface area contributed by atoms with Crippen LogP contribution in [-0.4, -0.2) is 16.4 Å². The highest BCUT2D eigenvalue weighted by molar-refractivity contribution is 7.82. The summed E-state index contributed by atoms with van der Waals surface area (Å²) in [6, 6.07) is 0. The van der Waals surface area contributed by atoms with E-state index in [1.165, 1.54) is 0 Å². The predicted octanol–water partition coefficient (Wildman–Crippen LogP) is 1.56. The molecule has 3 unspecified atom stereocenters. The van der Waals surface area contributed by atoms with E-state index in [-0.39, 0.29) is 23.4 Å². The summed E-state index contributed by atoms with van der Waals surface area (Å²) in [7, 11) is 0. The molecule has 2 aliphatic carbocycles. The zero-order valence-electron chi connectivity index (χ0n) is 7.58. The van der Waals surface area contributed by atoms with Crippen molar-refractivity contribution < 1.29 is 9.59 Å². The molecule has 13 heavy (non-hydrogen) atoms. The van der Waals surface area contributed by atoms with E-state index in [2.05, 4.69) is 6.92 Å². The number of rotatable bonds is 0. The summed E-state index contributed by atoms with van der Waals surface area (Å²) in [5.41, 5.74) is 0. The Balaban J connectivity index is 2.27. The summed E-state index contributed by atoms with van der Waals surface area (Å²) in [6.07, 6.45) is 2.89. The monoisotopic (exact) mass is 196 g/mol. The van der Waals surface area contributed by atoms with E-state index in [1.807, 2.05) is 0 Å². The third-order valence-corrected chi connectivity index (χ3v) is 3.72. The fourth-order valence-corrected chi connectivity index (χ4v) is 2.83. The fourth-order valence-electron chi connectivity index (χ4n) is 2.44. The zero-order chi connectivity index (χ0) is 9.59. The molecule has 70 valence electrons. The highest BCUT2D eigenvalue weighted by Gasteiger charge is 2.47. The van der Waals surface area contributed by atoms with Gasteiger partial charge < -0.3 is 0 Å². The van der Waals surface area contributed by atoms with E-state index in [9.17, 15) is 9.59 Å². The zero-order valence-corrected chi connectivity index (χ0v) is 8.39. The molecule has 2 aliphatic rings. The second kappa shape index (κ2) is 2.98. The second-order valence-corrected chi connectivity index (χ2v) is 4.63. The van der Waals surface area contributed by atoms with Crippen molar-refractivity contribution in [3.05, 3.63) is 0 Å². The highest BCUT2D eigenvalue weighted by Crippen LogP contribution is 2.39. The minimum atomic E-state index is -0.376. The van der Waals surface area contributed by atoms with Gasteiger partial charge in [0.05, 0.1) is 4.86 Å². The second-order valence-electron chi connectivity index (χ2n) is 4.19. The van der Waals surface area contributed by atoms with Gasteiger partial charge in [-0.25, -0.2) is 0 Å². The van der Waals surface area contributed by atoms with E-state index < -0.39 is 0 Å². The van der Waals surface area contributed by atoms with Gasteiger partial charge in [-0.05, 0) is 18.8 Å². The van der Waals surface area contributed by atoms with Crippen LogP contribution < -0.4 is 0 Å². The van der Waals surface area contributed by atoms with Crippen LogP contribution >= 0.6 is 12.2 Å². The average molecular weight is 196 g/mol. The van der Waals surface area contributed by atoms with Gasteiger partial charge in [0.1, 0.15) is 0 Å². The van der Waals surface area contributed by atoms with E-state index >= 15 is 0 Å². The largest absolute Gasteiger partial charge is 0.290 e. The maximum Gasteiger partial charge on any atom is 0.235 e. The third-order valence-electron chi connectivity index (χ3n) is 3.23. The summed E-state index contributed by atoms with van der Waals surface area (Å²) < 4.78 is 0. The Hall–Kier alpha value is -0.570. The van der Waals surface area contributed by atoms with Gasteiger partial charge >= 0.3 is 0 Å². The van der Waals surface area contributed by atoms with Crippen LogP contribution in [0.2, 0.25) is 0 Å². The van der Waals surface area contributed by atoms with Crippen molar-refractivity contribution in [1.82, 2.24) is 0 Å². The number of ketones is 2. The Morgan fingerprint density at radius 2 is 1.92 bits per heavy atom. The first-order valence-electron chi connectivity index (χ1n) is 4.73. The molecule has 2 rings (SSSR count). The maximum absolute atomic E-state index is 11.5. The van der Waals surface area contributed by atoms with Crippen LogP contribution in [0.4, 0.5) is 0 Å². The minimum absolute atomic E-state index is 0.0660. The number of fused-ring (bicyclic) bond motifs is 1. The Morgan fingerprint density at radius 1 is 1.23 bits per heavy atom. The van der Waals surface area contributed by atoms with Crippen molar-refractivity contribution in [3.63, 3.8) is 0 Å². The number of hydrogen-bond acceptors (Lipinski definition) is 3. The van der Waals surface area contributed by atoms with Gasteiger partial charge in [-0.15, -0.1) is 0 Å². The molecule has 2 saturated carbocycles. The van der Waals surface area contributed by atoms with Gasteiger partial charge in [0.2, 0.25) is 11.6 Å². The number of thiocarbonyl (C=S) groups is 1. The number of carbonyl (C=O) groups is 2. The van der Waals surface area contributed by atoms with Crippen molar-refractivity contribution in [2.45, 2.75) is 26.2 Å². The quantitative estimate of drug-likeness (QED) is 0.435. The lowest BCUT2D eigenvalue weighted by Crippen LogP contribution is -2.25. The van der Waals surface area contributed by atoms with Crippen LogP contribution in [0.5, 0.6) is 0 Å². The third kappa shape index (κ3) is 1.26. The predicted molar refractivity (Wildman–Crippen MR) is 52.6 cm³/mol. The molecule has 0 spiro atoms. The fraction of sp³-hybridized carbons (Fsp3) is 0.700. The van der Waals surface area contributed by atoms with Gasteiger partial charge in [0, 0.05) is 11.8 Å². The lowest BCUT2D eigenvalue weighted by atomic mass is 9.76. The van der Waals surface area contributed by atoms with E-state index in [1.54, 1.807) is 0 Å². The summed E-state index contributed by atoms with van der Waals surface area (Å²) in [6.45, 7) is 2.13. The van der Waals surface area contributed by atoms with Crippen LogP contribution in [0.1, 0.15) is 26.2 Å². The van der Waals surface area contributed by atoms with E-state index in [0.29, 0.717) is 10.8 Å². The van der Waals surface area contributed by atoms with Crippen molar-refractivity contribution in [2.24, 2.45) is 17.8 Å². The summed E-state index contributed by atoms with van der Waals surface area (Å²) in [4.78, 5) is 23.2. The molecule has 3 heteroatoms. The topological polar surface area (TPSA) is 34.1 Å². The Morgan fingerprint density at radius 3 is 2.62 bits per heavy atom. The van der Waals surface area contributed by atoms with Gasteiger partial charge in [0.25, 0.3) is 0 Å². The summed E-state index contributed by atoms with van der Waals surface area (Å²) in [5.74, 6) is 0.00880. The molecule has 2 nitrogen and oxygen atoms in total. The lowest BCUT2D eigenvalue weighted by Gasteiger charge is -2.27. The van der Waals surface area contributed by atoms with E-state index in [0.717, 1.165) is 19.3 Å². The summed E-state index contributed by atoms with van der Waals surface area (Å²) >= 11 is 4.98. The number of carbonyl (C=O) groups excluding carboxylic acids is 2. The molecule has 0 heterocycles. The molecule has 0 aromatic rings. The smallest absolute Gasteiger partial charge is 0.235 e. The standard InChI is InChI=1S/C10H12O2S/c1-5-2-3-6-7(4-5)8(11)9(12)10(6)13/h5-7H,2-4H2,1H3. The van der Waals surface area contributed by atoms with Gasteiger partial charge in [-0.1, -0.05) is 25.6 Å². The normalized spacial score (nSPS) is 39.5. The van der Waals surface area contributed by atoms with E-state index in [4.69, 9.17) is 12.2 Å². The Kier molecular flexibility index (Phi) is 2.06. The molecule has 0 saturated heterocycles.